The molecule has 2 heteroatoms. The third-order valence-corrected chi connectivity index (χ3v) is 7.54. The molecule has 1 aromatic carbocycles. The number of benzene rings is 1. The Kier molecular flexibility index (Phi) is 3.34. The van der Waals surface area contributed by atoms with Crippen LogP contribution in [0.25, 0.3) is 0 Å². The fourth-order valence-electron chi connectivity index (χ4n) is 7.07. The van der Waals surface area contributed by atoms with Gasteiger partial charge in [-0.2, -0.15) is 0 Å². The normalized spacial score (nSPS) is 40.8. The summed E-state index contributed by atoms with van der Waals surface area (Å²) in [5.74, 6) is 2.08. The maximum absolute atomic E-state index is 13.6. The summed E-state index contributed by atoms with van der Waals surface area (Å²) in [6.07, 6.45) is 11.2. The van der Waals surface area contributed by atoms with E-state index in [1.165, 1.54) is 56.9 Å². The first-order valence-electron chi connectivity index (χ1n) is 10.0. The zero-order valence-corrected chi connectivity index (χ0v) is 14.7. The molecule has 6 rings (SSSR count). The van der Waals surface area contributed by atoms with E-state index in [4.69, 9.17) is 0 Å². The summed E-state index contributed by atoms with van der Waals surface area (Å²) in [6, 6.07) is 11.1. The smallest absolute Gasteiger partial charge is 0.228 e. The van der Waals surface area contributed by atoms with Gasteiger partial charge in [-0.1, -0.05) is 30.3 Å². The maximum atomic E-state index is 13.6. The number of likely N-dealkylation sites (tertiary alicyclic amines) is 1. The van der Waals surface area contributed by atoms with Gasteiger partial charge in [0.1, 0.15) is 0 Å². The lowest BCUT2D eigenvalue weighted by Crippen LogP contribution is -2.60. The van der Waals surface area contributed by atoms with Crippen molar-refractivity contribution in [3.8, 4) is 0 Å². The molecule has 1 amide bonds. The Bertz CT molecular complexity index is 617. The molecule has 0 radical (unpaired) electrons. The Balaban J connectivity index is 1.50. The van der Waals surface area contributed by atoms with Crippen LogP contribution in [0.2, 0.25) is 0 Å². The molecule has 4 saturated carbocycles. The van der Waals surface area contributed by atoms with Crippen LogP contribution in [-0.4, -0.2) is 23.9 Å². The van der Waals surface area contributed by atoms with Gasteiger partial charge in [0.05, 0.1) is 5.41 Å². The molecule has 2 nitrogen and oxygen atoms in total. The molecule has 2 atom stereocenters. The fraction of sp³-hybridized carbons (Fsp3) is 0.682. The van der Waals surface area contributed by atoms with E-state index in [-0.39, 0.29) is 10.8 Å². The van der Waals surface area contributed by atoms with Gasteiger partial charge in [0.25, 0.3) is 0 Å². The molecule has 24 heavy (non-hydrogen) atoms. The average molecular weight is 323 g/mol. The Morgan fingerprint density at radius 2 is 1.58 bits per heavy atom. The highest BCUT2D eigenvalue weighted by Gasteiger charge is 2.61. The van der Waals surface area contributed by atoms with Gasteiger partial charge < -0.3 is 4.90 Å². The van der Waals surface area contributed by atoms with Crippen molar-refractivity contribution in [3.05, 3.63) is 35.9 Å². The summed E-state index contributed by atoms with van der Waals surface area (Å²) in [7, 11) is 0. The summed E-state index contributed by atoms with van der Waals surface area (Å²) in [5.41, 5.74) is 1.77. The predicted octanol–water partition coefficient (Wildman–Crippen LogP) is 4.54. The number of amides is 1. The largest absolute Gasteiger partial charge is 0.342 e. The summed E-state index contributed by atoms with van der Waals surface area (Å²) >= 11 is 0. The van der Waals surface area contributed by atoms with E-state index in [0.717, 1.165) is 31.3 Å². The molecular weight excluding hydrogens is 294 g/mol. The predicted molar refractivity (Wildman–Crippen MR) is 95.7 cm³/mol. The van der Waals surface area contributed by atoms with Crippen molar-refractivity contribution in [2.24, 2.45) is 17.3 Å². The van der Waals surface area contributed by atoms with E-state index in [1.807, 2.05) is 0 Å². The SMILES string of the molecule is O=C(N1CCCCC1)C12C[C@@H]3C[C@@H](C1)CC(c1ccccc1)(C3)C2. The molecule has 1 aliphatic heterocycles. The molecular formula is C22H29NO. The molecule has 0 unspecified atom stereocenters. The van der Waals surface area contributed by atoms with Crippen LogP contribution < -0.4 is 0 Å². The van der Waals surface area contributed by atoms with E-state index in [0.29, 0.717) is 5.91 Å². The molecule has 4 aliphatic carbocycles. The number of hydrogen-bond acceptors (Lipinski definition) is 1. The first-order valence-corrected chi connectivity index (χ1v) is 10.0. The zero-order valence-electron chi connectivity index (χ0n) is 14.7. The van der Waals surface area contributed by atoms with E-state index in [9.17, 15) is 4.79 Å². The van der Waals surface area contributed by atoms with Crippen LogP contribution in [0.4, 0.5) is 0 Å². The number of carbonyl (C=O) groups is 1. The Morgan fingerprint density at radius 3 is 2.25 bits per heavy atom. The van der Waals surface area contributed by atoms with Gasteiger partial charge in [0.2, 0.25) is 5.91 Å². The molecule has 128 valence electrons. The zero-order chi connectivity index (χ0) is 16.2. The van der Waals surface area contributed by atoms with Crippen LogP contribution in [-0.2, 0) is 10.2 Å². The third-order valence-electron chi connectivity index (χ3n) is 7.54. The van der Waals surface area contributed by atoms with Crippen molar-refractivity contribution in [1.82, 2.24) is 4.90 Å². The molecule has 5 aliphatic rings. The molecule has 5 fully saturated rings. The van der Waals surface area contributed by atoms with Crippen LogP contribution in [0.5, 0.6) is 0 Å². The highest BCUT2D eigenvalue weighted by atomic mass is 16.2. The van der Waals surface area contributed by atoms with E-state index in [2.05, 4.69) is 35.2 Å². The highest BCUT2D eigenvalue weighted by Crippen LogP contribution is 2.66. The van der Waals surface area contributed by atoms with Crippen LogP contribution in [0, 0.1) is 17.3 Å². The number of carbonyl (C=O) groups excluding carboxylic acids is 1. The summed E-state index contributed by atoms with van der Waals surface area (Å²) in [6.45, 7) is 2.02. The number of hydrogen-bond donors (Lipinski definition) is 0. The lowest BCUT2D eigenvalue weighted by molar-refractivity contribution is -0.161. The van der Waals surface area contributed by atoms with Crippen molar-refractivity contribution in [2.75, 3.05) is 13.1 Å². The molecule has 1 heterocycles. The lowest BCUT2D eigenvalue weighted by Gasteiger charge is -2.62. The molecule has 0 spiro atoms. The van der Waals surface area contributed by atoms with E-state index < -0.39 is 0 Å². The van der Waals surface area contributed by atoms with Crippen molar-refractivity contribution >= 4 is 5.91 Å². The number of nitrogens with zero attached hydrogens (tertiary/aromatic N) is 1. The quantitative estimate of drug-likeness (QED) is 0.782. The van der Waals surface area contributed by atoms with Crippen molar-refractivity contribution < 1.29 is 4.79 Å². The minimum absolute atomic E-state index is 0.0305. The Hall–Kier alpha value is -1.31. The molecule has 1 saturated heterocycles. The molecule has 1 aromatic rings. The monoisotopic (exact) mass is 323 g/mol. The van der Waals surface area contributed by atoms with E-state index >= 15 is 0 Å². The second kappa shape index (κ2) is 5.34. The minimum Gasteiger partial charge on any atom is -0.342 e. The molecule has 0 aromatic heterocycles. The first kappa shape index (κ1) is 15.0. The van der Waals surface area contributed by atoms with Crippen LogP contribution in [0.15, 0.2) is 30.3 Å². The van der Waals surface area contributed by atoms with Crippen LogP contribution >= 0.6 is 0 Å². The molecule has 4 bridgehead atoms. The standard InChI is InChI=1S/C22H29NO/c24-20(23-9-5-2-6-10-23)22-14-17-11-18(15-22)13-21(12-17,16-22)19-7-3-1-4-8-19/h1,3-4,7-8,17-18H,2,5-6,9-16H2/t17-,18-,21?,22?/m1/s1. The third kappa shape index (κ3) is 2.18. The van der Waals surface area contributed by atoms with Gasteiger partial charge in [-0.3, -0.25) is 4.79 Å². The fourth-order valence-corrected chi connectivity index (χ4v) is 7.07. The number of rotatable bonds is 2. The van der Waals surface area contributed by atoms with Gasteiger partial charge >= 0.3 is 0 Å². The lowest BCUT2D eigenvalue weighted by atomic mass is 9.42. The Labute approximate surface area is 145 Å². The minimum atomic E-state index is -0.0305. The summed E-state index contributed by atoms with van der Waals surface area (Å²) < 4.78 is 0. The Morgan fingerprint density at radius 1 is 0.917 bits per heavy atom. The van der Waals surface area contributed by atoms with Gasteiger partial charge in [-0.05, 0) is 80.6 Å². The van der Waals surface area contributed by atoms with Crippen molar-refractivity contribution in [3.63, 3.8) is 0 Å². The van der Waals surface area contributed by atoms with Crippen molar-refractivity contribution in [1.29, 1.82) is 0 Å². The maximum Gasteiger partial charge on any atom is 0.228 e. The van der Waals surface area contributed by atoms with Crippen LogP contribution in [0.1, 0.15) is 63.4 Å². The van der Waals surface area contributed by atoms with E-state index in [1.54, 1.807) is 0 Å². The summed E-state index contributed by atoms with van der Waals surface area (Å²) in [5, 5.41) is 0. The second-order valence-corrected chi connectivity index (χ2v) is 9.24. The van der Waals surface area contributed by atoms with Gasteiger partial charge in [0.15, 0.2) is 0 Å². The van der Waals surface area contributed by atoms with Gasteiger partial charge in [-0.15, -0.1) is 0 Å². The first-order chi connectivity index (χ1) is 11.7. The molecule has 0 N–H and O–H groups in total. The van der Waals surface area contributed by atoms with Gasteiger partial charge in [-0.25, -0.2) is 0 Å². The van der Waals surface area contributed by atoms with Crippen molar-refractivity contribution in [2.45, 2.75) is 63.2 Å². The number of piperidine rings is 1. The second-order valence-electron chi connectivity index (χ2n) is 9.24. The van der Waals surface area contributed by atoms with Gasteiger partial charge in [0, 0.05) is 13.1 Å². The topological polar surface area (TPSA) is 20.3 Å². The highest BCUT2D eigenvalue weighted by molar-refractivity contribution is 5.83. The average Bonchev–Trinajstić information content (AvgIpc) is 2.61. The van der Waals surface area contributed by atoms with Crippen LogP contribution in [0.3, 0.4) is 0 Å². The summed E-state index contributed by atoms with van der Waals surface area (Å²) in [4.78, 5) is 15.8.